The molecule has 0 saturated carbocycles. The van der Waals surface area contributed by atoms with E-state index in [0.29, 0.717) is 6.04 Å². The van der Waals surface area contributed by atoms with Crippen LogP contribution in [0.2, 0.25) is 0 Å². The summed E-state index contributed by atoms with van der Waals surface area (Å²) in [5, 5.41) is 6.27. The number of nitrogens with one attached hydrogen (secondary N) is 2. The number of para-hydroxylation sites is 1. The van der Waals surface area contributed by atoms with Crippen molar-refractivity contribution in [1.82, 2.24) is 10.3 Å². The highest BCUT2D eigenvalue weighted by Crippen LogP contribution is 2.28. The summed E-state index contributed by atoms with van der Waals surface area (Å²) in [7, 11) is 0. The van der Waals surface area contributed by atoms with E-state index in [0.717, 1.165) is 13.0 Å². The van der Waals surface area contributed by atoms with Crippen LogP contribution in [0.5, 0.6) is 0 Å². The Bertz CT molecular complexity index is 712. The van der Waals surface area contributed by atoms with Crippen LogP contribution in [0.1, 0.15) is 38.3 Å². The highest BCUT2D eigenvalue weighted by molar-refractivity contribution is 6.07. The molecule has 0 bridgehead atoms. The highest BCUT2D eigenvalue weighted by atomic mass is 14.9. The molecular weight excluding hydrogens is 244 g/mol. The van der Waals surface area contributed by atoms with Gasteiger partial charge in [-0.05, 0) is 43.1 Å². The second-order valence-electron chi connectivity index (χ2n) is 5.39. The number of H-pyrrole nitrogens is 1. The summed E-state index contributed by atoms with van der Waals surface area (Å²) in [4.78, 5) is 3.48. The highest BCUT2D eigenvalue weighted by Gasteiger charge is 2.10. The van der Waals surface area contributed by atoms with Crippen LogP contribution >= 0.6 is 0 Å². The summed E-state index contributed by atoms with van der Waals surface area (Å²) in [6.45, 7) is 5.53. The molecule has 1 unspecified atom stereocenters. The molecule has 0 amide bonds. The molecule has 3 rings (SSSR count). The molecule has 2 heteroatoms. The number of hydrogen-bond donors (Lipinski definition) is 2. The van der Waals surface area contributed by atoms with E-state index in [9.17, 15) is 0 Å². The minimum Gasteiger partial charge on any atom is -0.355 e. The molecule has 2 aromatic carbocycles. The summed E-state index contributed by atoms with van der Waals surface area (Å²) in [5.74, 6) is 0. The molecule has 1 aromatic heterocycles. The van der Waals surface area contributed by atoms with Gasteiger partial charge in [-0.1, -0.05) is 38.1 Å². The van der Waals surface area contributed by atoms with E-state index in [-0.39, 0.29) is 0 Å². The molecule has 0 radical (unpaired) electrons. The fourth-order valence-electron chi connectivity index (χ4n) is 2.90. The van der Waals surface area contributed by atoms with Crippen LogP contribution in [0.25, 0.3) is 21.8 Å². The average molecular weight is 266 g/mol. The minimum atomic E-state index is 0.452. The van der Waals surface area contributed by atoms with Crippen LogP contribution in [-0.2, 0) is 0 Å². The van der Waals surface area contributed by atoms with Gasteiger partial charge in [0.1, 0.15) is 0 Å². The third-order valence-corrected chi connectivity index (χ3v) is 3.98. The lowest BCUT2D eigenvalue weighted by molar-refractivity contribution is 0.519. The Balaban J connectivity index is 2.06. The number of aromatic amines is 1. The standard InChI is InChI=1S/C18H22N2/c1-3-11-19-16(4-2)13-9-10-18-15(12-13)14-7-5-6-8-17(14)20-18/h5-10,12,16,19-20H,3-4,11H2,1-2H3. The molecule has 0 aliphatic heterocycles. The van der Waals surface area contributed by atoms with Crippen LogP contribution in [0.3, 0.4) is 0 Å². The summed E-state index contributed by atoms with van der Waals surface area (Å²) < 4.78 is 0. The first kappa shape index (κ1) is 13.2. The predicted octanol–water partition coefficient (Wildman–Crippen LogP) is 4.77. The van der Waals surface area contributed by atoms with Crippen molar-refractivity contribution in [2.45, 2.75) is 32.7 Å². The van der Waals surface area contributed by atoms with Gasteiger partial charge in [0.15, 0.2) is 0 Å². The molecule has 104 valence electrons. The van der Waals surface area contributed by atoms with Crippen LogP contribution in [0, 0.1) is 0 Å². The Morgan fingerprint density at radius 3 is 2.60 bits per heavy atom. The van der Waals surface area contributed by atoms with Crippen molar-refractivity contribution in [3.8, 4) is 0 Å². The molecule has 2 nitrogen and oxygen atoms in total. The maximum Gasteiger partial charge on any atom is 0.0465 e. The second-order valence-corrected chi connectivity index (χ2v) is 5.39. The number of rotatable bonds is 5. The number of hydrogen-bond acceptors (Lipinski definition) is 1. The Labute approximate surface area is 120 Å². The fourth-order valence-corrected chi connectivity index (χ4v) is 2.90. The topological polar surface area (TPSA) is 27.8 Å². The average Bonchev–Trinajstić information content (AvgIpc) is 2.86. The van der Waals surface area contributed by atoms with Gasteiger partial charge >= 0.3 is 0 Å². The van der Waals surface area contributed by atoms with Crippen molar-refractivity contribution in [2.24, 2.45) is 0 Å². The lowest BCUT2D eigenvalue weighted by Crippen LogP contribution is -2.21. The van der Waals surface area contributed by atoms with E-state index in [4.69, 9.17) is 0 Å². The molecular formula is C18H22N2. The van der Waals surface area contributed by atoms with E-state index in [1.807, 2.05) is 0 Å². The van der Waals surface area contributed by atoms with Gasteiger partial charge in [-0.15, -0.1) is 0 Å². The van der Waals surface area contributed by atoms with Gasteiger partial charge in [-0.3, -0.25) is 0 Å². The molecule has 3 aromatic rings. The second kappa shape index (κ2) is 5.68. The summed E-state index contributed by atoms with van der Waals surface area (Å²) in [6, 6.07) is 15.8. The smallest absolute Gasteiger partial charge is 0.0465 e. The maximum absolute atomic E-state index is 3.63. The van der Waals surface area contributed by atoms with E-state index in [2.05, 4.69) is 66.6 Å². The number of benzene rings is 2. The zero-order valence-electron chi connectivity index (χ0n) is 12.2. The van der Waals surface area contributed by atoms with Gasteiger partial charge in [-0.25, -0.2) is 0 Å². The van der Waals surface area contributed by atoms with Crippen LogP contribution in [0.4, 0.5) is 0 Å². The zero-order valence-corrected chi connectivity index (χ0v) is 12.2. The first-order valence-electron chi connectivity index (χ1n) is 7.57. The van der Waals surface area contributed by atoms with E-state index in [1.165, 1.54) is 33.8 Å². The Morgan fingerprint density at radius 1 is 1.00 bits per heavy atom. The molecule has 0 aliphatic carbocycles. The summed E-state index contributed by atoms with van der Waals surface area (Å²) >= 11 is 0. The van der Waals surface area contributed by atoms with Crippen molar-refractivity contribution in [3.63, 3.8) is 0 Å². The van der Waals surface area contributed by atoms with Gasteiger partial charge in [0.25, 0.3) is 0 Å². The lowest BCUT2D eigenvalue weighted by Gasteiger charge is -2.17. The molecule has 0 saturated heterocycles. The summed E-state index contributed by atoms with van der Waals surface area (Å²) in [5.41, 5.74) is 3.83. The molecule has 1 atom stereocenters. The third kappa shape index (κ3) is 2.32. The first-order valence-corrected chi connectivity index (χ1v) is 7.57. The van der Waals surface area contributed by atoms with Crippen molar-refractivity contribution in [2.75, 3.05) is 6.54 Å². The monoisotopic (exact) mass is 266 g/mol. The van der Waals surface area contributed by atoms with Crippen LogP contribution < -0.4 is 5.32 Å². The normalized spacial score (nSPS) is 13.1. The van der Waals surface area contributed by atoms with Crippen LogP contribution in [0.15, 0.2) is 42.5 Å². The Hall–Kier alpha value is -1.80. The quantitative estimate of drug-likeness (QED) is 0.684. The molecule has 1 heterocycles. The van der Waals surface area contributed by atoms with Crippen LogP contribution in [-0.4, -0.2) is 11.5 Å². The molecule has 0 spiro atoms. The van der Waals surface area contributed by atoms with Gasteiger partial charge in [0, 0.05) is 27.8 Å². The fraction of sp³-hybridized carbons (Fsp3) is 0.333. The van der Waals surface area contributed by atoms with E-state index < -0.39 is 0 Å². The molecule has 0 aliphatic rings. The lowest BCUT2D eigenvalue weighted by atomic mass is 10.0. The molecule has 20 heavy (non-hydrogen) atoms. The zero-order chi connectivity index (χ0) is 13.9. The predicted molar refractivity (Wildman–Crippen MR) is 87.1 cm³/mol. The largest absolute Gasteiger partial charge is 0.355 e. The van der Waals surface area contributed by atoms with Crippen molar-refractivity contribution >= 4 is 21.8 Å². The first-order chi connectivity index (χ1) is 9.83. The van der Waals surface area contributed by atoms with E-state index in [1.54, 1.807) is 0 Å². The number of aromatic nitrogens is 1. The summed E-state index contributed by atoms with van der Waals surface area (Å²) in [6.07, 6.45) is 2.29. The van der Waals surface area contributed by atoms with Gasteiger partial charge in [0.2, 0.25) is 0 Å². The van der Waals surface area contributed by atoms with Gasteiger partial charge in [0.05, 0.1) is 0 Å². The van der Waals surface area contributed by atoms with Crippen molar-refractivity contribution in [1.29, 1.82) is 0 Å². The molecule has 0 fully saturated rings. The van der Waals surface area contributed by atoms with E-state index >= 15 is 0 Å². The Morgan fingerprint density at radius 2 is 1.80 bits per heavy atom. The SMILES string of the molecule is CCCNC(CC)c1ccc2[nH]c3ccccc3c2c1. The van der Waals surface area contributed by atoms with Gasteiger partial charge < -0.3 is 10.3 Å². The Kier molecular flexibility index (Phi) is 3.75. The molecule has 2 N–H and O–H groups in total. The van der Waals surface area contributed by atoms with Gasteiger partial charge in [-0.2, -0.15) is 0 Å². The van der Waals surface area contributed by atoms with Crippen molar-refractivity contribution < 1.29 is 0 Å². The van der Waals surface area contributed by atoms with Crippen molar-refractivity contribution in [3.05, 3.63) is 48.0 Å². The number of fused-ring (bicyclic) bond motifs is 3. The third-order valence-electron chi connectivity index (χ3n) is 3.98. The minimum absolute atomic E-state index is 0.452. The maximum atomic E-state index is 3.63.